The van der Waals surface area contributed by atoms with E-state index < -0.39 is 9.84 Å². The Hall–Kier alpha value is -1.89. The first-order valence-corrected chi connectivity index (χ1v) is 9.57. The van der Waals surface area contributed by atoms with E-state index in [-0.39, 0.29) is 29.0 Å². The number of halogens is 1. The molecule has 1 aliphatic rings. The highest BCUT2D eigenvalue weighted by Crippen LogP contribution is 2.17. The van der Waals surface area contributed by atoms with Gasteiger partial charge < -0.3 is 10.6 Å². The van der Waals surface area contributed by atoms with Gasteiger partial charge in [0.05, 0.1) is 10.6 Å². The van der Waals surface area contributed by atoms with E-state index in [2.05, 4.69) is 22.8 Å². The predicted molar refractivity (Wildman–Crippen MR) is 99.6 cm³/mol. The Bertz CT molecular complexity index is 864. The lowest BCUT2D eigenvalue weighted by Crippen LogP contribution is -2.22. The number of carbonyl (C=O) groups is 1. The van der Waals surface area contributed by atoms with Crippen molar-refractivity contribution in [3.05, 3.63) is 64.7 Å². The van der Waals surface area contributed by atoms with Crippen molar-refractivity contribution in [1.82, 2.24) is 10.6 Å². The largest absolute Gasteiger partial charge is 0.348 e. The third-order valence-electron chi connectivity index (χ3n) is 4.21. The van der Waals surface area contributed by atoms with Gasteiger partial charge in [-0.15, -0.1) is 12.4 Å². The van der Waals surface area contributed by atoms with Crippen LogP contribution in [-0.4, -0.2) is 20.1 Å². The Morgan fingerprint density at radius 2 is 1.76 bits per heavy atom. The third-order valence-corrected chi connectivity index (χ3v) is 5.96. The summed E-state index contributed by atoms with van der Waals surface area (Å²) in [5, 5.41) is 6.16. The quantitative estimate of drug-likeness (QED) is 0.835. The number of amides is 1. The smallest absolute Gasteiger partial charge is 0.251 e. The number of hydrogen-bond acceptors (Lipinski definition) is 4. The molecule has 7 heteroatoms. The second-order valence-corrected chi connectivity index (χ2v) is 8.10. The summed E-state index contributed by atoms with van der Waals surface area (Å²) in [4.78, 5) is 12.5. The molecular formula is C18H21ClN2O3S. The molecule has 2 aromatic carbocycles. The number of sulfone groups is 1. The molecule has 0 saturated carbocycles. The molecule has 5 nitrogen and oxygen atoms in total. The Labute approximate surface area is 154 Å². The molecule has 2 aromatic rings. The summed E-state index contributed by atoms with van der Waals surface area (Å²) in [6, 6.07) is 12.3. The van der Waals surface area contributed by atoms with Crippen molar-refractivity contribution in [3.8, 4) is 0 Å². The van der Waals surface area contributed by atoms with Gasteiger partial charge >= 0.3 is 0 Å². The van der Waals surface area contributed by atoms with Crippen LogP contribution in [0.15, 0.2) is 47.4 Å². The minimum atomic E-state index is -3.24. The van der Waals surface area contributed by atoms with Crippen LogP contribution >= 0.6 is 12.4 Å². The minimum absolute atomic E-state index is 0. The molecule has 25 heavy (non-hydrogen) atoms. The zero-order valence-electron chi connectivity index (χ0n) is 13.9. The monoisotopic (exact) mass is 380 g/mol. The summed E-state index contributed by atoms with van der Waals surface area (Å²) >= 11 is 0. The van der Waals surface area contributed by atoms with Crippen LogP contribution in [0.3, 0.4) is 0 Å². The second kappa shape index (κ2) is 7.99. The van der Waals surface area contributed by atoms with Crippen molar-refractivity contribution in [2.75, 3.05) is 5.75 Å². The third kappa shape index (κ3) is 4.39. The number of carbonyl (C=O) groups excluding carboxylic acids is 1. The summed E-state index contributed by atoms with van der Waals surface area (Å²) in [5.74, 6) is -0.166. The van der Waals surface area contributed by atoms with E-state index in [0.29, 0.717) is 12.1 Å². The van der Waals surface area contributed by atoms with Crippen molar-refractivity contribution in [1.29, 1.82) is 0 Å². The molecule has 1 amide bonds. The van der Waals surface area contributed by atoms with Crippen molar-refractivity contribution in [2.45, 2.75) is 31.5 Å². The fourth-order valence-corrected chi connectivity index (χ4v) is 3.61. The molecule has 0 atom stereocenters. The van der Waals surface area contributed by atoms with Crippen molar-refractivity contribution in [2.24, 2.45) is 0 Å². The van der Waals surface area contributed by atoms with Crippen LogP contribution in [0.5, 0.6) is 0 Å². The maximum Gasteiger partial charge on any atom is 0.251 e. The molecular weight excluding hydrogens is 360 g/mol. The van der Waals surface area contributed by atoms with Crippen LogP contribution in [0.2, 0.25) is 0 Å². The van der Waals surface area contributed by atoms with Gasteiger partial charge in [-0.05, 0) is 41.0 Å². The molecule has 1 aliphatic heterocycles. The number of nitrogens with one attached hydrogen (secondary N) is 2. The van der Waals surface area contributed by atoms with Gasteiger partial charge in [0, 0.05) is 25.2 Å². The van der Waals surface area contributed by atoms with Crippen molar-refractivity contribution < 1.29 is 13.2 Å². The molecule has 0 aromatic heterocycles. The first kappa shape index (κ1) is 19.4. The SMILES string of the molecule is CCS(=O)(=O)c1ccc(C(=O)NCc2ccc3c(c2)CNC3)cc1.Cl. The lowest BCUT2D eigenvalue weighted by molar-refractivity contribution is 0.0951. The van der Waals surface area contributed by atoms with Crippen LogP contribution in [0.4, 0.5) is 0 Å². The van der Waals surface area contributed by atoms with E-state index >= 15 is 0 Å². The van der Waals surface area contributed by atoms with Crippen LogP contribution in [0.25, 0.3) is 0 Å². The van der Waals surface area contributed by atoms with Crippen LogP contribution in [0.1, 0.15) is 34.0 Å². The van der Waals surface area contributed by atoms with E-state index in [1.54, 1.807) is 19.1 Å². The minimum Gasteiger partial charge on any atom is -0.348 e. The van der Waals surface area contributed by atoms with Gasteiger partial charge in [-0.1, -0.05) is 25.1 Å². The normalized spacial score (nSPS) is 13.0. The highest BCUT2D eigenvalue weighted by atomic mass is 35.5. The molecule has 1 heterocycles. The Morgan fingerprint density at radius 1 is 1.08 bits per heavy atom. The summed E-state index contributed by atoms with van der Waals surface area (Å²) in [6.07, 6.45) is 0. The average molecular weight is 381 g/mol. The standard InChI is InChI=1S/C18H20N2O3S.ClH/c1-2-24(22,23)17-7-5-14(6-8-17)18(21)20-10-13-3-4-15-11-19-12-16(15)9-13;/h3-9,19H,2,10-12H2,1H3,(H,20,21);1H. The molecule has 0 bridgehead atoms. The Kier molecular flexibility index (Phi) is 6.21. The number of hydrogen-bond donors (Lipinski definition) is 2. The summed E-state index contributed by atoms with van der Waals surface area (Å²) in [6.45, 7) is 3.81. The first-order chi connectivity index (χ1) is 11.5. The average Bonchev–Trinajstić information content (AvgIpc) is 3.07. The van der Waals surface area contributed by atoms with E-state index in [4.69, 9.17) is 0 Å². The zero-order chi connectivity index (χ0) is 17.2. The zero-order valence-corrected chi connectivity index (χ0v) is 15.5. The number of rotatable bonds is 5. The predicted octanol–water partition coefficient (Wildman–Crippen LogP) is 2.44. The first-order valence-electron chi connectivity index (χ1n) is 7.92. The molecule has 0 fully saturated rings. The lowest BCUT2D eigenvalue weighted by atomic mass is 10.1. The van der Waals surface area contributed by atoms with Crippen LogP contribution < -0.4 is 10.6 Å². The van der Waals surface area contributed by atoms with E-state index in [1.165, 1.54) is 23.3 Å². The van der Waals surface area contributed by atoms with E-state index in [0.717, 1.165) is 18.7 Å². The molecule has 0 saturated heterocycles. The van der Waals surface area contributed by atoms with Gasteiger partial charge in [0.15, 0.2) is 9.84 Å². The van der Waals surface area contributed by atoms with Crippen LogP contribution in [0, 0.1) is 0 Å². The molecule has 2 N–H and O–H groups in total. The maximum absolute atomic E-state index is 12.2. The molecule has 0 unspecified atom stereocenters. The van der Waals surface area contributed by atoms with E-state index in [1.807, 2.05) is 6.07 Å². The topological polar surface area (TPSA) is 75.3 Å². The van der Waals surface area contributed by atoms with Gasteiger partial charge in [-0.2, -0.15) is 0 Å². The summed E-state index contributed by atoms with van der Waals surface area (Å²) in [5.41, 5.74) is 4.08. The van der Waals surface area contributed by atoms with Gasteiger partial charge in [-0.3, -0.25) is 4.79 Å². The van der Waals surface area contributed by atoms with Crippen molar-refractivity contribution >= 4 is 28.2 Å². The Balaban J connectivity index is 0.00000225. The number of benzene rings is 2. The number of fused-ring (bicyclic) bond motifs is 1. The van der Waals surface area contributed by atoms with Gasteiger partial charge in [0.25, 0.3) is 5.91 Å². The highest BCUT2D eigenvalue weighted by molar-refractivity contribution is 7.91. The van der Waals surface area contributed by atoms with Crippen molar-refractivity contribution in [3.63, 3.8) is 0 Å². The maximum atomic E-state index is 12.2. The molecule has 3 rings (SSSR count). The van der Waals surface area contributed by atoms with E-state index in [9.17, 15) is 13.2 Å². The molecule has 0 spiro atoms. The fraction of sp³-hybridized carbons (Fsp3) is 0.278. The lowest BCUT2D eigenvalue weighted by Gasteiger charge is -2.08. The summed E-state index contributed by atoms with van der Waals surface area (Å²) in [7, 11) is -3.24. The van der Waals surface area contributed by atoms with Gasteiger partial charge in [0.2, 0.25) is 0 Å². The Morgan fingerprint density at radius 3 is 2.44 bits per heavy atom. The molecule has 134 valence electrons. The molecule has 0 aliphatic carbocycles. The van der Waals surface area contributed by atoms with Gasteiger partial charge in [0.1, 0.15) is 0 Å². The molecule has 0 radical (unpaired) electrons. The van der Waals surface area contributed by atoms with Gasteiger partial charge in [-0.25, -0.2) is 8.42 Å². The fourth-order valence-electron chi connectivity index (χ4n) is 2.72. The summed E-state index contributed by atoms with van der Waals surface area (Å²) < 4.78 is 23.6. The van der Waals surface area contributed by atoms with Crippen LogP contribution in [-0.2, 0) is 29.5 Å². The highest BCUT2D eigenvalue weighted by Gasteiger charge is 2.13. The second-order valence-electron chi connectivity index (χ2n) is 5.82.